The molecule has 0 aromatic heterocycles. The van der Waals surface area contributed by atoms with Crippen molar-refractivity contribution in [3.05, 3.63) is 29.6 Å². The Morgan fingerprint density at radius 2 is 1.96 bits per heavy atom. The molecule has 1 aromatic rings. The molecule has 7 heteroatoms. The van der Waals surface area contributed by atoms with Gasteiger partial charge in [0.1, 0.15) is 5.82 Å². The highest BCUT2D eigenvalue weighted by Crippen LogP contribution is 2.42. The summed E-state index contributed by atoms with van der Waals surface area (Å²) < 4.78 is 37.5. The Hall–Kier alpha value is -1.63. The smallest absolute Gasteiger partial charge is 0.319 e. The number of hydrogen-bond donors (Lipinski definition) is 2. The molecule has 23 heavy (non-hydrogen) atoms. The van der Waals surface area contributed by atoms with Crippen LogP contribution in [0, 0.1) is 5.82 Å². The number of halogens is 1. The van der Waals surface area contributed by atoms with Crippen LogP contribution in [-0.2, 0) is 9.84 Å². The monoisotopic (exact) mass is 340 g/mol. The maximum absolute atomic E-state index is 13.7. The van der Waals surface area contributed by atoms with E-state index in [4.69, 9.17) is 0 Å². The summed E-state index contributed by atoms with van der Waals surface area (Å²) in [5.74, 6) is -0.0196. The first-order chi connectivity index (χ1) is 10.8. The van der Waals surface area contributed by atoms with E-state index in [1.54, 1.807) is 13.0 Å². The Bertz CT molecular complexity index is 716. The summed E-state index contributed by atoms with van der Waals surface area (Å²) in [6.45, 7) is 1.70. The average Bonchev–Trinajstić information content (AvgIpc) is 3.29. The third-order valence-electron chi connectivity index (χ3n) is 4.57. The van der Waals surface area contributed by atoms with Gasteiger partial charge in [-0.2, -0.15) is 0 Å². The zero-order chi connectivity index (χ0) is 16.6. The normalized spacial score (nSPS) is 26.5. The van der Waals surface area contributed by atoms with Gasteiger partial charge in [0, 0.05) is 11.7 Å². The van der Waals surface area contributed by atoms with E-state index >= 15 is 0 Å². The Labute approximate surface area is 135 Å². The molecule has 1 heterocycles. The fourth-order valence-corrected chi connectivity index (χ4v) is 4.57. The number of carbonyl (C=O) groups is 1. The topological polar surface area (TPSA) is 75.3 Å². The van der Waals surface area contributed by atoms with Crippen molar-refractivity contribution < 1.29 is 17.6 Å². The molecule has 0 bridgehead atoms. The number of benzene rings is 1. The molecule has 3 rings (SSSR count). The first kappa shape index (κ1) is 16.2. The second-order valence-electron chi connectivity index (χ2n) is 6.52. The van der Waals surface area contributed by atoms with Crippen LogP contribution in [0.15, 0.2) is 18.2 Å². The van der Waals surface area contributed by atoms with Crippen molar-refractivity contribution in [3.63, 3.8) is 0 Å². The second kappa shape index (κ2) is 6.11. The van der Waals surface area contributed by atoms with Crippen molar-refractivity contribution in [2.45, 2.75) is 49.8 Å². The second-order valence-corrected chi connectivity index (χ2v) is 8.99. The molecule has 1 aliphatic carbocycles. The molecule has 126 valence electrons. The molecule has 2 unspecified atom stereocenters. The van der Waals surface area contributed by atoms with Crippen LogP contribution in [0.3, 0.4) is 0 Å². The van der Waals surface area contributed by atoms with Crippen LogP contribution in [-0.4, -0.2) is 31.5 Å². The molecule has 2 fully saturated rings. The van der Waals surface area contributed by atoms with E-state index < -0.39 is 15.9 Å². The number of amides is 2. The van der Waals surface area contributed by atoms with Gasteiger partial charge in [-0.05, 0) is 62.3 Å². The molecule has 2 N–H and O–H groups in total. The van der Waals surface area contributed by atoms with E-state index in [1.165, 1.54) is 12.1 Å². The lowest BCUT2D eigenvalue weighted by molar-refractivity contribution is 0.248. The van der Waals surface area contributed by atoms with E-state index in [9.17, 15) is 17.6 Å². The average molecular weight is 340 g/mol. The van der Waals surface area contributed by atoms with Gasteiger partial charge >= 0.3 is 6.03 Å². The Kier molecular flexibility index (Phi) is 4.31. The number of sulfone groups is 1. The van der Waals surface area contributed by atoms with Gasteiger partial charge in [0.05, 0.1) is 11.0 Å². The lowest BCUT2D eigenvalue weighted by Gasteiger charge is -2.27. The highest BCUT2D eigenvalue weighted by Gasteiger charge is 2.32. The summed E-state index contributed by atoms with van der Waals surface area (Å²) in [6.07, 6.45) is 3.15. The van der Waals surface area contributed by atoms with E-state index in [-0.39, 0.29) is 28.8 Å². The summed E-state index contributed by atoms with van der Waals surface area (Å²) in [6, 6.07) is 3.70. The third-order valence-corrected chi connectivity index (χ3v) is 6.90. The minimum atomic E-state index is -3.14. The Morgan fingerprint density at radius 3 is 2.61 bits per heavy atom. The Balaban J connectivity index is 1.60. The van der Waals surface area contributed by atoms with Gasteiger partial charge in [0.15, 0.2) is 9.84 Å². The molecule has 2 aliphatic rings. The summed E-state index contributed by atoms with van der Waals surface area (Å²) in [5, 5.41) is 5.02. The van der Waals surface area contributed by atoms with Crippen LogP contribution in [0.1, 0.15) is 44.1 Å². The highest BCUT2D eigenvalue weighted by atomic mass is 32.2. The van der Waals surface area contributed by atoms with Crippen LogP contribution in [0.4, 0.5) is 14.9 Å². The van der Waals surface area contributed by atoms with Gasteiger partial charge in [0.25, 0.3) is 0 Å². The van der Waals surface area contributed by atoms with E-state index in [0.29, 0.717) is 24.1 Å². The van der Waals surface area contributed by atoms with Gasteiger partial charge in [-0.3, -0.25) is 0 Å². The molecule has 1 aliphatic heterocycles. The van der Waals surface area contributed by atoms with Crippen LogP contribution in [0.5, 0.6) is 0 Å². The number of urea groups is 1. The highest BCUT2D eigenvalue weighted by molar-refractivity contribution is 7.92. The van der Waals surface area contributed by atoms with Crippen molar-refractivity contribution in [2.75, 3.05) is 11.1 Å². The van der Waals surface area contributed by atoms with Crippen LogP contribution >= 0.6 is 0 Å². The molecule has 1 saturated heterocycles. The number of hydrogen-bond acceptors (Lipinski definition) is 3. The van der Waals surface area contributed by atoms with Crippen molar-refractivity contribution in [2.24, 2.45) is 0 Å². The summed E-state index contributed by atoms with van der Waals surface area (Å²) in [4.78, 5) is 12.0. The fraction of sp³-hybridized carbons (Fsp3) is 0.562. The van der Waals surface area contributed by atoms with Gasteiger partial charge in [-0.15, -0.1) is 0 Å². The molecule has 2 atom stereocenters. The maximum Gasteiger partial charge on any atom is 0.319 e. The van der Waals surface area contributed by atoms with Crippen LogP contribution in [0.25, 0.3) is 0 Å². The van der Waals surface area contributed by atoms with Gasteiger partial charge in [-0.25, -0.2) is 17.6 Å². The Morgan fingerprint density at radius 1 is 1.22 bits per heavy atom. The molecule has 0 spiro atoms. The molecule has 1 saturated carbocycles. The van der Waals surface area contributed by atoms with E-state index in [2.05, 4.69) is 10.6 Å². The molecular weight excluding hydrogens is 319 g/mol. The lowest BCUT2D eigenvalue weighted by atomic mass is 10.1. The standard InChI is InChI=1S/C16H21FN2O3S/c1-10-2-5-13(9-23(10,21)22)19-16(20)18-12-6-7-15(17)14(8-12)11-3-4-11/h6-8,10-11,13H,2-5,9H2,1H3,(H2,18,19,20). The van der Waals surface area contributed by atoms with Crippen LogP contribution in [0.2, 0.25) is 0 Å². The number of nitrogens with one attached hydrogen (secondary N) is 2. The van der Waals surface area contributed by atoms with E-state index in [1.807, 2.05) is 0 Å². The molecule has 1 aromatic carbocycles. The number of rotatable bonds is 3. The minimum Gasteiger partial charge on any atom is -0.334 e. The quantitative estimate of drug-likeness (QED) is 0.888. The van der Waals surface area contributed by atoms with Crippen molar-refractivity contribution in [1.29, 1.82) is 0 Å². The summed E-state index contributed by atoms with van der Waals surface area (Å²) in [5.41, 5.74) is 1.16. The molecule has 5 nitrogen and oxygen atoms in total. The van der Waals surface area contributed by atoms with Crippen molar-refractivity contribution in [3.8, 4) is 0 Å². The first-order valence-corrected chi connectivity index (χ1v) is 9.65. The molecule has 2 amide bonds. The van der Waals surface area contributed by atoms with Gasteiger partial charge < -0.3 is 10.6 Å². The number of carbonyl (C=O) groups excluding carboxylic acids is 1. The maximum atomic E-state index is 13.7. The van der Waals surface area contributed by atoms with E-state index in [0.717, 1.165) is 12.8 Å². The van der Waals surface area contributed by atoms with Gasteiger partial charge in [-0.1, -0.05) is 0 Å². The third kappa shape index (κ3) is 3.83. The van der Waals surface area contributed by atoms with Crippen LogP contribution < -0.4 is 10.6 Å². The SMILES string of the molecule is CC1CCC(NC(=O)Nc2ccc(F)c(C3CC3)c2)CS1(=O)=O. The van der Waals surface area contributed by atoms with Crippen molar-refractivity contribution >= 4 is 21.6 Å². The van der Waals surface area contributed by atoms with Crippen molar-refractivity contribution in [1.82, 2.24) is 5.32 Å². The lowest BCUT2D eigenvalue weighted by Crippen LogP contribution is -2.46. The largest absolute Gasteiger partial charge is 0.334 e. The zero-order valence-electron chi connectivity index (χ0n) is 13.0. The summed E-state index contributed by atoms with van der Waals surface area (Å²) in [7, 11) is -3.14. The molecular formula is C16H21FN2O3S. The predicted molar refractivity (Wildman–Crippen MR) is 86.8 cm³/mol. The fourth-order valence-electron chi connectivity index (χ4n) is 2.94. The minimum absolute atomic E-state index is 0.0294. The first-order valence-electron chi connectivity index (χ1n) is 7.93. The summed E-state index contributed by atoms with van der Waals surface area (Å²) >= 11 is 0. The number of anilines is 1. The predicted octanol–water partition coefficient (Wildman–Crippen LogP) is 2.79. The molecule has 0 radical (unpaired) electrons. The van der Waals surface area contributed by atoms with Gasteiger partial charge in [0.2, 0.25) is 0 Å². The zero-order valence-corrected chi connectivity index (χ0v) is 13.8.